The minimum absolute atomic E-state index is 0.236. The fourth-order valence-corrected chi connectivity index (χ4v) is 1.94. The monoisotopic (exact) mass is 189 g/mol. The summed E-state index contributed by atoms with van der Waals surface area (Å²) in [7, 11) is 0. The van der Waals surface area contributed by atoms with E-state index in [0.29, 0.717) is 6.54 Å². The Labute approximate surface area is 84.5 Å². The summed E-state index contributed by atoms with van der Waals surface area (Å²) in [6, 6.07) is 6.48. The maximum absolute atomic E-state index is 9.17. The van der Waals surface area contributed by atoms with Crippen LogP contribution in [0, 0.1) is 6.92 Å². The van der Waals surface area contributed by atoms with Gasteiger partial charge >= 0.3 is 0 Å². The molecule has 0 aromatic heterocycles. The lowest BCUT2D eigenvalue weighted by Crippen LogP contribution is -2.22. The highest BCUT2D eigenvalue weighted by Crippen LogP contribution is 2.28. The van der Waals surface area contributed by atoms with Crippen LogP contribution in [0.3, 0.4) is 0 Å². The van der Waals surface area contributed by atoms with Crippen molar-refractivity contribution in [2.24, 2.45) is 0 Å². The Bertz CT molecular complexity index is 371. The van der Waals surface area contributed by atoms with Gasteiger partial charge in [0, 0.05) is 12.2 Å². The van der Waals surface area contributed by atoms with Crippen molar-refractivity contribution < 1.29 is 5.11 Å². The second kappa shape index (κ2) is 3.37. The molecule has 1 aliphatic rings. The highest BCUT2D eigenvalue weighted by atomic mass is 16.3. The third-order valence-corrected chi connectivity index (χ3v) is 2.61. The number of fused-ring (bicyclic) bond motifs is 1. The molecule has 0 aliphatic carbocycles. The SMILES string of the molecule is C=C(O)CN1CCc2ccc(C)cc21. The third kappa shape index (κ3) is 1.60. The molecule has 1 N–H and O–H groups in total. The molecule has 0 atom stereocenters. The maximum Gasteiger partial charge on any atom is 0.104 e. The summed E-state index contributed by atoms with van der Waals surface area (Å²) in [4.78, 5) is 2.17. The first kappa shape index (κ1) is 9.13. The maximum atomic E-state index is 9.17. The minimum atomic E-state index is 0.236. The second-order valence-electron chi connectivity index (χ2n) is 3.87. The van der Waals surface area contributed by atoms with Crippen LogP contribution in [0.15, 0.2) is 30.5 Å². The van der Waals surface area contributed by atoms with Crippen LogP contribution in [0.2, 0.25) is 0 Å². The molecule has 0 amide bonds. The molecule has 1 heterocycles. The quantitative estimate of drug-likeness (QED) is 0.722. The van der Waals surface area contributed by atoms with Gasteiger partial charge in [-0.2, -0.15) is 0 Å². The molecule has 1 aromatic rings. The molecule has 0 saturated carbocycles. The van der Waals surface area contributed by atoms with Gasteiger partial charge in [0.25, 0.3) is 0 Å². The summed E-state index contributed by atoms with van der Waals surface area (Å²) in [6.45, 7) is 7.15. The van der Waals surface area contributed by atoms with Gasteiger partial charge in [-0.05, 0) is 30.5 Å². The first-order valence-corrected chi connectivity index (χ1v) is 4.88. The van der Waals surface area contributed by atoms with Crippen LogP contribution in [0.5, 0.6) is 0 Å². The van der Waals surface area contributed by atoms with Crippen molar-refractivity contribution in [3.63, 3.8) is 0 Å². The zero-order valence-electron chi connectivity index (χ0n) is 8.45. The molecular weight excluding hydrogens is 174 g/mol. The molecular formula is C12H15NO. The molecule has 1 aromatic carbocycles. The molecule has 0 fully saturated rings. The van der Waals surface area contributed by atoms with Crippen LogP contribution in [0.25, 0.3) is 0 Å². The lowest BCUT2D eigenvalue weighted by molar-refractivity contribution is 0.402. The Hall–Kier alpha value is -1.44. The Kier molecular flexibility index (Phi) is 2.20. The average molecular weight is 189 g/mol. The average Bonchev–Trinajstić information content (AvgIpc) is 2.47. The Morgan fingerprint density at radius 2 is 2.36 bits per heavy atom. The highest BCUT2D eigenvalue weighted by Gasteiger charge is 2.18. The Morgan fingerprint density at radius 1 is 1.57 bits per heavy atom. The standard InChI is InChI=1S/C12H15NO/c1-9-3-4-11-5-6-13(8-10(2)14)12(11)7-9/h3-4,7,14H,2,5-6,8H2,1H3. The van der Waals surface area contributed by atoms with Crippen LogP contribution in [0.1, 0.15) is 11.1 Å². The smallest absolute Gasteiger partial charge is 0.104 e. The number of hydrogen-bond donors (Lipinski definition) is 1. The van der Waals surface area contributed by atoms with E-state index in [1.807, 2.05) is 0 Å². The summed E-state index contributed by atoms with van der Waals surface area (Å²) in [5.41, 5.74) is 3.89. The Morgan fingerprint density at radius 3 is 3.07 bits per heavy atom. The van der Waals surface area contributed by atoms with E-state index in [9.17, 15) is 5.11 Å². The fraction of sp³-hybridized carbons (Fsp3) is 0.333. The van der Waals surface area contributed by atoms with Crippen LogP contribution in [-0.4, -0.2) is 18.2 Å². The molecule has 2 nitrogen and oxygen atoms in total. The van der Waals surface area contributed by atoms with Gasteiger partial charge in [0.1, 0.15) is 5.76 Å². The van der Waals surface area contributed by atoms with E-state index in [4.69, 9.17) is 0 Å². The van der Waals surface area contributed by atoms with Crippen LogP contribution in [-0.2, 0) is 6.42 Å². The van der Waals surface area contributed by atoms with Crippen LogP contribution >= 0.6 is 0 Å². The molecule has 0 unspecified atom stereocenters. The van der Waals surface area contributed by atoms with Gasteiger partial charge in [-0.1, -0.05) is 18.7 Å². The van der Waals surface area contributed by atoms with Crippen molar-refractivity contribution in [3.05, 3.63) is 41.7 Å². The zero-order valence-corrected chi connectivity index (χ0v) is 8.45. The number of aryl methyl sites for hydroxylation is 1. The first-order chi connectivity index (χ1) is 6.66. The predicted octanol–water partition coefficient (Wildman–Crippen LogP) is 2.43. The molecule has 2 rings (SSSR count). The van der Waals surface area contributed by atoms with E-state index >= 15 is 0 Å². The normalized spacial score (nSPS) is 14.2. The van der Waals surface area contributed by atoms with Gasteiger partial charge in [0.15, 0.2) is 0 Å². The number of nitrogens with zero attached hydrogens (tertiary/aromatic N) is 1. The molecule has 74 valence electrons. The summed E-state index contributed by atoms with van der Waals surface area (Å²) in [6.07, 6.45) is 1.07. The number of anilines is 1. The summed E-state index contributed by atoms with van der Waals surface area (Å²) < 4.78 is 0. The molecule has 0 spiro atoms. The minimum Gasteiger partial charge on any atom is -0.511 e. The lowest BCUT2D eigenvalue weighted by atomic mass is 10.1. The second-order valence-corrected chi connectivity index (χ2v) is 3.87. The van der Waals surface area contributed by atoms with E-state index in [1.165, 1.54) is 16.8 Å². The number of aliphatic hydroxyl groups is 1. The largest absolute Gasteiger partial charge is 0.511 e. The number of benzene rings is 1. The Balaban J connectivity index is 2.28. The van der Waals surface area contributed by atoms with Crippen molar-refractivity contribution in [2.75, 3.05) is 18.0 Å². The molecule has 2 heteroatoms. The number of aliphatic hydroxyl groups excluding tert-OH is 1. The van der Waals surface area contributed by atoms with Gasteiger partial charge in [-0.3, -0.25) is 0 Å². The van der Waals surface area contributed by atoms with Gasteiger partial charge in [0.05, 0.1) is 6.54 Å². The van der Waals surface area contributed by atoms with E-state index < -0.39 is 0 Å². The van der Waals surface area contributed by atoms with Gasteiger partial charge in [-0.15, -0.1) is 0 Å². The van der Waals surface area contributed by atoms with E-state index in [1.54, 1.807) is 0 Å². The topological polar surface area (TPSA) is 23.5 Å². The predicted molar refractivity (Wildman–Crippen MR) is 58.9 cm³/mol. The fourth-order valence-electron chi connectivity index (χ4n) is 1.94. The van der Waals surface area contributed by atoms with E-state index in [2.05, 4.69) is 36.6 Å². The third-order valence-electron chi connectivity index (χ3n) is 2.61. The number of rotatable bonds is 2. The van der Waals surface area contributed by atoms with Crippen LogP contribution in [0.4, 0.5) is 5.69 Å². The van der Waals surface area contributed by atoms with Crippen molar-refractivity contribution >= 4 is 5.69 Å². The highest BCUT2D eigenvalue weighted by molar-refractivity contribution is 5.59. The van der Waals surface area contributed by atoms with Gasteiger partial charge < -0.3 is 10.0 Å². The first-order valence-electron chi connectivity index (χ1n) is 4.88. The molecule has 0 bridgehead atoms. The van der Waals surface area contributed by atoms with Crippen molar-refractivity contribution in [2.45, 2.75) is 13.3 Å². The van der Waals surface area contributed by atoms with Crippen molar-refractivity contribution in [3.8, 4) is 0 Å². The molecule has 0 radical (unpaired) electrons. The van der Waals surface area contributed by atoms with Crippen LogP contribution < -0.4 is 4.90 Å². The summed E-state index contributed by atoms with van der Waals surface area (Å²) in [5.74, 6) is 0.236. The zero-order chi connectivity index (χ0) is 10.1. The summed E-state index contributed by atoms with van der Waals surface area (Å²) in [5, 5.41) is 9.17. The van der Waals surface area contributed by atoms with Gasteiger partial charge in [-0.25, -0.2) is 0 Å². The van der Waals surface area contributed by atoms with Crippen molar-refractivity contribution in [1.29, 1.82) is 0 Å². The number of hydrogen-bond acceptors (Lipinski definition) is 2. The lowest BCUT2D eigenvalue weighted by Gasteiger charge is -2.18. The van der Waals surface area contributed by atoms with Crippen molar-refractivity contribution in [1.82, 2.24) is 0 Å². The van der Waals surface area contributed by atoms with Gasteiger partial charge in [0.2, 0.25) is 0 Å². The molecule has 1 aliphatic heterocycles. The van der Waals surface area contributed by atoms with E-state index in [0.717, 1.165) is 13.0 Å². The molecule has 14 heavy (non-hydrogen) atoms. The molecule has 0 saturated heterocycles. The summed E-state index contributed by atoms with van der Waals surface area (Å²) >= 11 is 0. The van der Waals surface area contributed by atoms with E-state index in [-0.39, 0.29) is 5.76 Å².